The number of nitrogens with zero attached hydrogens (tertiary/aromatic N) is 4. The molecule has 0 radical (unpaired) electrons. The zero-order valence-corrected chi connectivity index (χ0v) is 16.6. The summed E-state index contributed by atoms with van der Waals surface area (Å²) in [6.07, 6.45) is 5.22. The van der Waals surface area contributed by atoms with Gasteiger partial charge in [-0.05, 0) is 24.5 Å². The number of rotatable bonds is 6. The van der Waals surface area contributed by atoms with Crippen LogP contribution >= 0.6 is 0 Å². The first-order valence-corrected chi connectivity index (χ1v) is 10.2. The van der Waals surface area contributed by atoms with E-state index < -0.39 is 0 Å². The standard InChI is InChI=1S/C24H28N4/c1-20(18-22-10-6-3-7-11-22)19-27-15-14-24-26-25-23(28(24)17-16-27)13-12-21-8-4-2-5-9-21/h2-11,18H,12-17,19H2,1H3. The molecule has 0 spiro atoms. The van der Waals surface area contributed by atoms with E-state index in [4.69, 9.17) is 0 Å². The van der Waals surface area contributed by atoms with Crippen LogP contribution in [0.1, 0.15) is 29.7 Å². The second kappa shape index (κ2) is 8.98. The van der Waals surface area contributed by atoms with Gasteiger partial charge in [-0.1, -0.05) is 72.3 Å². The van der Waals surface area contributed by atoms with E-state index in [2.05, 4.69) is 93.3 Å². The van der Waals surface area contributed by atoms with Gasteiger partial charge in [0.1, 0.15) is 11.6 Å². The quantitative estimate of drug-likeness (QED) is 0.655. The average molecular weight is 373 g/mol. The van der Waals surface area contributed by atoms with Gasteiger partial charge in [-0.3, -0.25) is 4.90 Å². The highest BCUT2D eigenvalue weighted by molar-refractivity contribution is 5.52. The lowest BCUT2D eigenvalue weighted by atomic mass is 10.1. The topological polar surface area (TPSA) is 34.0 Å². The molecule has 4 rings (SSSR count). The summed E-state index contributed by atoms with van der Waals surface area (Å²) in [4.78, 5) is 2.53. The van der Waals surface area contributed by atoms with Gasteiger partial charge in [0.2, 0.25) is 0 Å². The van der Waals surface area contributed by atoms with Gasteiger partial charge >= 0.3 is 0 Å². The van der Waals surface area contributed by atoms with E-state index in [1.165, 1.54) is 16.7 Å². The van der Waals surface area contributed by atoms with Crippen LogP contribution in [0, 0.1) is 0 Å². The Kier molecular flexibility index (Phi) is 5.98. The summed E-state index contributed by atoms with van der Waals surface area (Å²) < 4.78 is 2.35. The molecule has 3 aromatic rings. The molecule has 0 unspecified atom stereocenters. The van der Waals surface area contributed by atoms with E-state index in [0.717, 1.165) is 57.1 Å². The van der Waals surface area contributed by atoms with E-state index in [1.807, 2.05) is 0 Å². The summed E-state index contributed by atoms with van der Waals surface area (Å²) in [5.41, 5.74) is 4.03. The van der Waals surface area contributed by atoms with Crippen molar-refractivity contribution >= 4 is 6.08 Å². The van der Waals surface area contributed by atoms with Gasteiger partial charge in [0.25, 0.3) is 0 Å². The lowest BCUT2D eigenvalue weighted by molar-refractivity contribution is 0.302. The Morgan fingerprint density at radius 3 is 2.43 bits per heavy atom. The third kappa shape index (κ3) is 4.76. The van der Waals surface area contributed by atoms with Crippen molar-refractivity contribution in [2.24, 2.45) is 0 Å². The molecule has 0 bridgehead atoms. The maximum absolute atomic E-state index is 4.48. The van der Waals surface area contributed by atoms with Crippen LogP contribution in [0.25, 0.3) is 6.08 Å². The maximum atomic E-state index is 4.48. The van der Waals surface area contributed by atoms with Gasteiger partial charge in [-0.25, -0.2) is 0 Å². The number of aromatic nitrogens is 3. The van der Waals surface area contributed by atoms with Crippen LogP contribution in [-0.2, 0) is 25.8 Å². The summed E-state index contributed by atoms with van der Waals surface area (Å²) in [5.74, 6) is 2.26. The fourth-order valence-corrected chi connectivity index (χ4v) is 3.90. The molecule has 0 amide bonds. The molecule has 0 N–H and O–H groups in total. The van der Waals surface area contributed by atoms with Crippen molar-refractivity contribution in [2.45, 2.75) is 32.7 Å². The van der Waals surface area contributed by atoms with E-state index in [0.29, 0.717) is 0 Å². The zero-order valence-electron chi connectivity index (χ0n) is 16.6. The van der Waals surface area contributed by atoms with E-state index in [9.17, 15) is 0 Å². The smallest absolute Gasteiger partial charge is 0.134 e. The summed E-state index contributed by atoms with van der Waals surface area (Å²) in [6, 6.07) is 21.2. The molecule has 2 aromatic carbocycles. The third-order valence-electron chi connectivity index (χ3n) is 5.36. The molecule has 144 valence electrons. The van der Waals surface area contributed by atoms with Crippen molar-refractivity contribution in [2.75, 3.05) is 19.6 Å². The Morgan fingerprint density at radius 1 is 0.893 bits per heavy atom. The monoisotopic (exact) mass is 372 g/mol. The molecule has 1 aliphatic rings. The van der Waals surface area contributed by atoms with Crippen LogP contribution in [-0.4, -0.2) is 39.3 Å². The van der Waals surface area contributed by atoms with Crippen LogP contribution < -0.4 is 0 Å². The lowest BCUT2D eigenvalue weighted by Crippen LogP contribution is -2.28. The van der Waals surface area contributed by atoms with Crippen molar-refractivity contribution in [1.29, 1.82) is 0 Å². The number of hydrogen-bond donors (Lipinski definition) is 0. The van der Waals surface area contributed by atoms with Crippen LogP contribution in [0.2, 0.25) is 0 Å². The molecule has 28 heavy (non-hydrogen) atoms. The second-order valence-electron chi connectivity index (χ2n) is 7.60. The van der Waals surface area contributed by atoms with Crippen molar-refractivity contribution in [3.05, 3.63) is 89.0 Å². The first-order chi connectivity index (χ1) is 13.8. The van der Waals surface area contributed by atoms with Crippen LogP contribution in [0.5, 0.6) is 0 Å². The predicted octanol–water partition coefficient (Wildman–Crippen LogP) is 4.02. The highest BCUT2D eigenvalue weighted by Crippen LogP contribution is 2.14. The fourth-order valence-electron chi connectivity index (χ4n) is 3.90. The second-order valence-corrected chi connectivity index (χ2v) is 7.60. The van der Waals surface area contributed by atoms with Crippen molar-refractivity contribution in [1.82, 2.24) is 19.7 Å². The average Bonchev–Trinajstić information content (AvgIpc) is 3.00. The molecule has 0 saturated carbocycles. The minimum Gasteiger partial charge on any atom is -0.314 e. The van der Waals surface area contributed by atoms with Crippen LogP contribution in [0.15, 0.2) is 66.2 Å². The van der Waals surface area contributed by atoms with Gasteiger partial charge in [-0.15, -0.1) is 10.2 Å². The number of aryl methyl sites for hydroxylation is 2. The van der Waals surface area contributed by atoms with Gasteiger partial charge in [0.15, 0.2) is 0 Å². The van der Waals surface area contributed by atoms with Crippen LogP contribution in [0.3, 0.4) is 0 Å². The molecule has 4 heteroatoms. The minimum absolute atomic E-state index is 0.948. The minimum atomic E-state index is 0.948. The summed E-state index contributed by atoms with van der Waals surface area (Å²) >= 11 is 0. The Hall–Kier alpha value is -2.72. The van der Waals surface area contributed by atoms with Gasteiger partial charge < -0.3 is 4.57 Å². The van der Waals surface area contributed by atoms with E-state index in [-0.39, 0.29) is 0 Å². The van der Waals surface area contributed by atoms with Gasteiger partial charge in [0.05, 0.1) is 0 Å². The molecule has 4 nitrogen and oxygen atoms in total. The van der Waals surface area contributed by atoms with E-state index in [1.54, 1.807) is 0 Å². The number of fused-ring (bicyclic) bond motifs is 1. The lowest BCUT2D eigenvalue weighted by Gasteiger charge is -2.20. The summed E-state index contributed by atoms with van der Waals surface area (Å²) in [6.45, 7) is 6.29. The Balaban J connectivity index is 1.36. The normalized spacial score (nSPS) is 15.2. The van der Waals surface area contributed by atoms with Gasteiger partial charge in [-0.2, -0.15) is 0 Å². The maximum Gasteiger partial charge on any atom is 0.134 e. The molecule has 0 fully saturated rings. The van der Waals surface area contributed by atoms with Crippen molar-refractivity contribution in [3.8, 4) is 0 Å². The Morgan fingerprint density at radius 2 is 1.64 bits per heavy atom. The molecule has 1 aliphatic heterocycles. The summed E-state index contributed by atoms with van der Waals surface area (Å²) in [5, 5.41) is 8.96. The molecule has 0 aliphatic carbocycles. The predicted molar refractivity (Wildman–Crippen MR) is 114 cm³/mol. The first-order valence-electron chi connectivity index (χ1n) is 10.2. The zero-order chi connectivity index (χ0) is 19.2. The molecule has 1 aromatic heterocycles. The molecular formula is C24H28N4. The Bertz CT molecular complexity index is 912. The third-order valence-corrected chi connectivity index (χ3v) is 5.36. The molecule has 0 saturated heterocycles. The SMILES string of the molecule is CC(=Cc1ccccc1)CN1CCc2nnc(CCc3ccccc3)n2CC1. The molecule has 0 atom stereocenters. The highest BCUT2D eigenvalue weighted by Gasteiger charge is 2.18. The number of hydrogen-bond acceptors (Lipinski definition) is 3. The highest BCUT2D eigenvalue weighted by atomic mass is 15.3. The molecular weight excluding hydrogens is 344 g/mol. The van der Waals surface area contributed by atoms with Gasteiger partial charge in [0, 0.05) is 39.0 Å². The largest absolute Gasteiger partial charge is 0.314 e. The first kappa shape index (κ1) is 18.6. The van der Waals surface area contributed by atoms with Crippen molar-refractivity contribution < 1.29 is 0 Å². The molecule has 2 heterocycles. The fraction of sp³-hybridized carbons (Fsp3) is 0.333. The van der Waals surface area contributed by atoms with Crippen LogP contribution in [0.4, 0.5) is 0 Å². The summed E-state index contributed by atoms with van der Waals surface area (Å²) in [7, 11) is 0. The van der Waals surface area contributed by atoms with Crippen molar-refractivity contribution in [3.63, 3.8) is 0 Å². The van der Waals surface area contributed by atoms with E-state index >= 15 is 0 Å². The number of benzene rings is 2. The Labute approximate surface area is 167 Å².